The van der Waals surface area contributed by atoms with Crippen molar-refractivity contribution in [2.24, 2.45) is 4.99 Å². The lowest BCUT2D eigenvalue weighted by molar-refractivity contribution is -0.117. The first-order chi connectivity index (χ1) is 5.33. The van der Waals surface area contributed by atoms with E-state index < -0.39 is 0 Å². The molecule has 1 aliphatic rings. The summed E-state index contributed by atoms with van der Waals surface area (Å²) in [4.78, 5) is 16.3. The molecule has 0 fully saturated rings. The average molecular weight is 154 g/mol. The van der Waals surface area contributed by atoms with Crippen LogP contribution in [0.2, 0.25) is 0 Å². The monoisotopic (exact) mass is 154 g/mol. The van der Waals surface area contributed by atoms with Gasteiger partial charge in [-0.15, -0.1) is 0 Å². The smallest absolute Gasteiger partial charge is 0.266 e. The molecule has 3 heteroatoms. The molecule has 1 heterocycles. The van der Waals surface area contributed by atoms with Crippen molar-refractivity contribution in [3.05, 3.63) is 0 Å². The Labute approximate surface area is 67.1 Å². The number of unbranched alkanes of at least 4 members (excludes halogenated alkanes) is 2. The molecule has 0 aromatic heterocycles. The molecule has 3 nitrogen and oxygen atoms in total. The van der Waals surface area contributed by atoms with Gasteiger partial charge in [0.1, 0.15) is 6.54 Å². The third kappa shape index (κ3) is 2.70. The number of carbonyl (C=O) groups is 1. The summed E-state index contributed by atoms with van der Waals surface area (Å²) in [7, 11) is 0. The highest BCUT2D eigenvalue weighted by Gasteiger charge is 2.11. The molecule has 62 valence electrons. The first-order valence-electron chi connectivity index (χ1n) is 4.14. The molecule has 0 aromatic rings. The van der Waals surface area contributed by atoms with Crippen LogP contribution < -0.4 is 0 Å². The van der Waals surface area contributed by atoms with Gasteiger partial charge < -0.3 is 4.90 Å². The van der Waals surface area contributed by atoms with Gasteiger partial charge >= 0.3 is 0 Å². The first kappa shape index (κ1) is 8.24. The van der Waals surface area contributed by atoms with Gasteiger partial charge in [0.25, 0.3) is 5.91 Å². The largest absolute Gasteiger partial charge is 0.353 e. The first-order valence-corrected chi connectivity index (χ1v) is 4.14. The molecule has 1 aliphatic heterocycles. The number of aliphatic imine (C=N–C) groups is 1. The van der Waals surface area contributed by atoms with E-state index in [0.29, 0.717) is 6.54 Å². The van der Waals surface area contributed by atoms with Crippen molar-refractivity contribution in [2.45, 2.75) is 26.2 Å². The number of amides is 1. The van der Waals surface area contributed by atoms with E-state index in [4.69, 9.17) is 0 Å². The fourth-order valence-corrected chi connectivity index (χ4v) is 1.10. The summed E-state index contributed by atoms with van der Waals surface area (Å²) in [5, 5.41) is 0. The summed E-state index contributed by atoms with van der Waals surface area (Å²) < 4.78 is 0. The fraction of sp³-hybridized carbons (Fsp3) is 0.750. The second kappa shape index (κ2) is 4.11. The Balaban J connectivity index is 2.09. The zero-order valence-electron chi connectivity index (χ0n) is 6.92. The van der Waals surface area contributed by atoms with Gasteiger partial charge in [-0.3, -0.25) is 4.79 Å². The minimum absolute atomic E-state index is 0.0125. The van der Waals surface area contributed by atoms with E-state index in [1.807, 2.05) is 4.90 Å². The van der Waals surface area contributed by atoms with Crippen LogP contribution in [-0.4, -0.2) is 30.2 Å². The quantitative estimate of drug-likeness (QED) is 0.567. The summed E-state index contributed by atoms with van der Waals surface area (Å²) in [6, 6.07) is 0. The van der Waals surface area contributed by atoms with E-state index in [-0.39, 0.29) is 5.91 Å². The minimum atomic E-state index is -0.0125. The SMILES string of the molecule is CCCCCN1C=NC(=O)C1. The highest BCUT2D eigenvalue weighted by molar-refractivity contribution is 5.91. The maximum Gasteiger partial charge on any atom is 0.266 e. The van der Waals surface area contributed by atoms with E-state index in [0.717, 1.165) is 13.0 Å². The molecule has 0 aliphatic carbocycles. The summed E-state index contributed by atoms with van der Waals surface area (Å²) >= 11 is 0. The maximum atomic E-state index is 10.6. The van der Waals surface area contributed by atoms with Gasteiger partial charge in [-0.25, -0.2) is 4.99 Å². The van der Waals surface area contributed by atoms with Gasteiger partial charge in [-0.1, -0.05) is 19.8 Å². The number of carbonyl (C=O) groups excluding carboxylic acids is 1. The van der Waals surface area contributed by atoms with E-state index in [2.05, 4.69) is 11.9 Å². The normalized spacial score (nSPS) is 16.5. The van der Waals surface area contributed by atoms with Gasteiger partial charge in [0.2, 0.25) is 0 Å². The summed E-state index contributed by atoms with van der Waals surface area (Å²) in [6.45, 7) is 3.63. The van der Waals surface area contributed by atoms with Crippen molar-refractivity contribution in [3.63, 3.8) is 0 Å². The van der Waals surface area contributed by atoms with Gasteiger partial charge in [-0.2, -0.15) is 0 Å². The zero-order valence-corrected chi connectivity index (χ0v) is 6.92. The Kier molecular flexibility index (Phi) is 3.08. The summed E-state index contributed by atoms with van der Waals surface area (Å²) in [5.74, 6) is -0.0125. The molecule has 11 heavy (non-hydrogen) atoms. The lowest BCUT2D eigenvalue weighted by Crippen LogP contribution is -2.22. The average Bonchev–Trinajstić information content (AvgIpc) is 2.37. The van der Waals surface area contributed by atoms with Crippen molar-refractivity contribution in [1.29, 1.82) is 0 Å². The molecule has 0 unspecified atom stereocenters. The van der Waals surface area contributed by atoms with E-state index >= 15 is 0 Å². The third-order valence-corrected chi connectivity index (χ3v) is 1.75. The predicted molar refractivity (Wildman–Crippen MR) is 44.6 cm³/mol. The molecule has 0 aromatic carbocycles. The fourth-order valence-electron chi connectivity index (χ4n) is 1.10. The highest BCUT2D eigenvalue weighted by atomic mass is 16.1. The van der Waals surface area contributed by atoms with Crippen LogP contribution in [0.5, 0.6) is 0 Å². The van der Waals surface area contributed by atoms with Gasteiger partial charge in [0.05, 0.1) is 6.34 Å². The number of hydrogen-bond acceptors (Lipinski definition) is 2. The van der Waals surface area contributed by atoms with Crippen molar-refractivity contribution in [1.82, 2.24) is 4.90 Å². The molecular formula is C8H14N2O. The predicted octanol–water partition coefficient (Wildman–Crippen LogP) is 1.05. The molecule has 0 bridgehead atoms. The van der Waals surface area contributed by atoms with Crippen LogP contribution in [0.1, 0.15) is 26.2 Å². The van der Waals surface area contributed by atoms with Crippen LogP contribution in [-0.2, 0) is 4.79 Å². The minimum Gasteiger partial charge on any atom is -0.353 e. The number of rotatable bonds is 4. The molecule has 0 radical (unpaired) electrons. The summed E-state index contributed by atoms with van der Waals surface area (Å²) in [6.07, 6.45) is 5.27. The maximum absolute atomic E-state index is 10.6. The molecule has 0 saturated heterocycles. The second-order valence-electron chi connectivity index (χ2n) is 2.82. The van der Waals surface area contributed by atoms with Crippen molar-refractivity contribution in [2.75, 3.05) is 13.1 Å². The van der Waals surface area contributed by atoms with Crippen molar-refractivity contribution < 1.29 is 4.79 Å². The van der Waals surface area contributed by atoms with Crippen LogP contribution in [0.15, 0.2) is 4.99 Å². The lowest BCUT2D eigenvalue weighted by Gasteiger charge is -2.11. The molecule has 0 saturated carbocycles. The van der Waals surface area contributed by atoms with Gasteiger partial charge in [-0.05, 0) is 6.42 Å². The van der Waals surface area contributed by atoms with Crippen LogP contribution in [0.3, 0.4) is 0 Å². The molecule has 1 rings (SSSR count). The Morgan fingerprint density at radius 1 is 1.64 bits per heavy atom. The molecular weight excluding hydrogens is 140 g/mol. The molecule has 1 amide bonds. The van der Waals surface area contributed by atoms with Gasteiger partial charge in [0.15, 0.2) is 0 Å². The van der Waals surface area contributed by atoms with Crippen molar-refractivity contribution >= 4 is 12.2 Å². The molecule has 0 spiro atoms. The van der Waals surface area contributed by atoms with Crippen LogP contribution in [0.25, 0.3) is 0 Å². The molecule has 0 atom stereocenters. The van der Waals surface area contributed by atoms with E-state index in [1.54, 1.807) is 6.34 Å². The number of nitrogens with zero attached hydrogens (tertiary/aromatic N) is 2. The Bertz CT molecular complexity index is 165. The van der Waals surface area contributed by atoms with E-state index in [9.17, 15) is 4.79 Å². The standard InChI is InChI=1S/C8H14N2O/c1-2-3-4-5-10-6-8(11)9-7-10/h7H,2-6H2,1H3. The van der Waals surface area contributed by atoms with E-state index in [1.165, 1.54) is 12.8 Å². The van der Waals surface area contributed by atoms with Crippen molar-refractivity contribution in [3.8, 4) is 0 Å². The second-order valence-corrected chi connectivity index (χ2v) is 2.82. The summed E-state index contributed by atoms with van der Waals surface area (Å²) in [5.41, 5.74) is 0. The topological polar surface area (TPSA) is 32.7 Å². The van der Waals surface area contributed by atoms with Crippen LogP contribution in [0.4, 0.5) is 0 Å². The van der Waals surface area contributed by atoms with Crippen LogP contribution in [0, 0.1) is 0 Å². The Morgan fingerprint density at radius 2 is 2.45 bits per heavy atom. The third-order valence-electron chi connectivity index (χ3n) is 1.75. The van der Waals surface area contributed by atoms with Gasteiger partial charge in [0, 0.05) is 6.54 Å². The van der Waals surface area contributed by atoms with Crippen LogP contribution >= 0.6 is 0 Å². The molecule has 0 N–H and O–H groups in total. The lowest BCUT2D eigenvalue weighted by atomic mass is 10.2. The Morgan fingerprint density at radius 3 is 3.00 bits per heavy atom. The highest BCUT2D eigenvalue weighted by Crippen LogP contribution is 2.00. The zero-order chi connectivity index (χ0) is 8.10. The Hall–Kier alpha value is -0.860. The number of hydrogen-bond donors (Lipinski definition) is 0.